The second kappa shape index (κ2) is 7.69. The first-order valence-corrected chi connectivity index (χ1v) is 6.88. The van der Waals surface area contributed by atoms with Gasteiger partial charge in [0.1, 0.15) is 6.61 Å². The second-order valence-electron chi connectivity index (χ2n) is 4.77. The average molecular weight is 313 g/mol. The third-order valence-corrected chi connectivity index (χ3v) is 3.03. The molecular formula is C14H17F2N3O3. The van der Waals surface area contributed by atoms with Crippen LogP contribution in [0, 0.1) is 0 Å². The largest absolute Gasteiger partial charge is 0.374 e. The van der Waals surface area contributed by atoms with E-state index in [1.807, 2.05) is 0 Å². The number of halogens is 2. The predicted molar refractivity (Wildman–Crippen MR) is 77.2 cm³/mol. The quantitative estimate of drug-likeness (QED) is 0.703. The van der Waals surface area contributed by atoms with Crippen LogP contribution in [-0.4, -0.2) is 38.1 Å². The monoisotopic (exact) mass is 313 g/mol. The molecule has 3 N–H and O–H groups in total. The fourth-order valence-electron chi connectivity index (χ4n) is 2.05. The summed E-state index contributed by atoms with van der Waals surface area (Å²) >= 11 is 0. The Morgan fingerprint density at radius 1 is 1.36 bits per heavy atom. The van der Waals surface area contributed by atoms with Gasteiger partial charge < -0.3 is 20.7 Å². The summed E-state index contributed by atoms with van der Waals surface area (Å²) in [5, 5.41) is 7.89. The van der Waals surface area contributed by atoms with Crippen molar-refractivity contribution in [1.29, 1.82) is 0 Å². The van der Waals surface area contributed by atoms with E-state index in [4.69, 9.17) is 0 Å². The summed E-state index contributed by atoms with van der Waals surface area (Å²) in [6.07, 6.45) is -1.46. The third kappa shape index (κ3) is 4.96. The highest BCUT2D eigenvalue weighted by Gasteiger charge is 2.15. The van der Waals surface area contributed by atoms with Crippen molar-refractivity contribution < 1.29 is 23.1 Å². The highest BCUT2D eigenvalue weighted by atomic mass is 19.3. The molecular weight excluding hydrogens is 296 g/mol. The molecule has 6 nitrogen and oxygen atoms in total. The number of amides is 3. The van der Waals surface area contributed by atoms with E-state index in [0.717, 1.165) is 11.3 Å². The van der Waals surface area contributed by atoms with Crippen LogP contribution >= 0.6 is 0 Å². The number of nitrogens with one attached hydrogen (secondary N) is 3. The number of carbonyl (C=O) groups excluding carboxylic acids is 2. The number of fused-ring (bicyclic) bond motifs is 1. The summed E-state index contributed by atoms with van der Waals surface area (Å²) in [4.78, 5) is 22.9. The van der Waals surface area contributed by atoms with Crippen molar-refractivity contribution in [2.75, 3.05) is 30.4 Å². The molecule has 2 rings (SSSR count). The van der Waals surface area contributed by atoms with E-state index < -0.39 is 19.1 Å². The lowest BCUT2D eigenvalue weighted by molar-refractivity contribution is -0.116. The Kier molecular flexibility index (Phi) is 5.65. The van der Waals surface area contributed by atoms with Crippen molar-refractivity contribution in [1.82, 2.24) is 5.32 Å². The van der Waals surface area contributed by atoms with Gasteiger partial charge in [0.2, 0.25) is 5.91 Å². The van der Waals surface area contributed by atoms with E-state index in [1.165, 1.54) is 0 Å². The molecule has 0 saturated heterocycles. The fraction of sp³-hybridized carbons (Fsp3) is 0.429. The minimum atomic E-state index is -2.51. The second-order valence-corrected chi connectivity index (χ2v) is 4.77. The van der Waals surface area contributed by atoms with Gasteiger partial charge in [0, 0.05) is 24.3 Å². The van der Waals surface area contributed by atoms with Gasteiger partial charge in [0.05, 0.1) is 6.61 Å². The summed E-state index contributed by atoms with van der Waals surface area (Å²) in [7, 11) is 0. The molecule has 1 aromatic rings. The molecule has 0 aromatic heterocycles. The molecule has 1 aliphatic rings. The first-order chi connectivity index (χ1) is 10.5. The van der Waals surface area contributed by atoms with Crippen molar-refractivity contribution in [2.45, 2.75) is 19.3 Å². The molecule has 120 valence electrons. The molecule has 1 heterocycles. The maximum Gasteiger partial charge on any atom is 0.319 e. The van der Waals surface area contributed by atoms with Crippen LogP contribution in [0.25, 0.3) is 0 Å². The van der Waals surface area contributed by atoms with Gasteiger partial charge in [-0.05, 0) is 30.2 Å². The van der Waals surface area contributed by atoms with Crippen LogP contribution in [0.4, 0.5) is 25.0 Å². The molecule has 0 radical (unpaired) electrons. The molecule has 0 atom stereocenters. The Balaban J connectivity index is 1.76. The first-order valence-electron chi connectivity index (χ1n) is 6.88. The molecule has 8 heteroatoms. The Hall–Kier alpha value is -2.22. The van der Waals surface area contributed by atoms with Crippen LogP contribution in [0.15, 0.2) is 18.2 Å². The predicted octanol–water partition coefficient (Wildman–Crippen LogP) is 1.97. The summed E-state index contributed by atoms with van der Waals surface area (Å²) in [6, 6.07) is 4.76. The number of benzene rings is 1. The summed E-state index contributed by atoms with van der Waals surface area (Å²) in [6.45, 7) is -0.479. The van der Waals surface area contributed by atoms with Crippen LogP contribution in [0.5, 0.6) is 0 Å². The van der Waals surface area contributed by atoms with Crippen LogP contribution < -0.4 is 16.0 Å². The maximum absolute atomic E-state index is 11.8. The summed E-state index contributed by atoms with van der Waals surface area (Å²) in [5.74, 6) is -0.0188. The topological polar surface area (TPSA) is 79.5 Å². The van der Waals surface area contributed by atoms with Gasteiger partial charge in [-0.3, -0.25) is 4.79 Å². The molecule has 0 bridgehead atoms. The third-order valence-electron chi connectivity index (χ3n) is 3.03. The minimum Gasteiger partial charge on any atom is -0.374 e. The van der Waals surface area contributed by atoms with E-state index in [1.54, 1.807) is 18.2 Å². The Labute approximate surface area is 126 Å². The Morgan fingerprint density at radius 3 is 2.95 bits per heavy atom. The molecule has 1 aromatic carbocycles. The van der Waals surface area contributed by atoms with Gasteiger partial charge in [-0.15, -0.1) is 0 Å². The number of alkyl halides is 2. The Bertz CT molecular complexity index is 552. The lowest BCUT2D eigenvalue weighted by Crippen LogP contribution is -2.32. The highest BCUT2D eigenvalue weighted by Crippen LogP contribution is 2.25. The van der Waals surface area contributed by atoms with Crippen molar-refractivity contribution in [3.05, 3.63) is 23.8 Å². The van der Waals surface area contributed by atoms with E-state index in [9.17, 15) is 18.4 Å². The SMILES string of the molecule is O=C1CCc2cc(NC(=O)NCCOCC(F)F)ccc2N1. The number of rotatable bonds is 6. The van der Waals surface area contributed by atoms with Crippen LogP contribution in [0.1, 0.15) is 12.0 Å². The zero-order chi connectivity index (χ0) is 15.9. The van der Waals surface area contributed by atoms with Gasteiger partial charge in [-0.1, -0.05) is 0 Å². The normalized spacial score (nSPS) is 13.5. The molecule has 0 saturated carbocycles. The Morgan fingerprint density at radius 2 is 2.18 bits per heavy atom. The van der Waals surface area contributed by atoms with Gasteiger partial charge >= 0.3 is 6.03 Å². The van der Waals surface area contributed by atoms with Gasteiger partial charge in [0.15, 0.2) is 0 Å². The zero-order valence-electron chi connectivity index (χ0n) is 11.8. The smallest absolute Gasteiger partial charge is 0.319 e. The molecule has 3 amide bonds. The number of hydrogen-bond acceptors (Lipinski definition) is 3. The molecule has 22 heavy (non-hydrogen) atoms. The number of carbonyl (C=O) groups is 2. The number of ether oxygens (including phenoxy) is 1. The van der Waals surface area contributed by atoms with E-state index in [2.05, 4.69) is 20.7 Å². The average Bonchev–Trinajstić information content (AvgIpc) is 2.46. The van der Waals surface area contributed by atoms with Crippen LogP contribution in [-0.2, 0) is 16.0 Å². The van der Waals surface area contributed by atoms with Crippen molar-refractivity contribution >= 4 is 23.3 Å². The summed E-state index contributed by atoms with van der Waals surface area (Å²) < 4.78 is 28.3. The van der Waals surface area contributed by atoms with Crippen LogP contribution in [0.3, 0.4) is 0 Å². The number of aryl methyl sites for hydroxylation is 1. The van der Waals surface area contributed by atoms with Gasteiger partial charge in [0.25, 0.3) is 6.43 Å². The van der Waals surface area contributed by atoms with E-state index >= 15 is 0 Å². The number of urea groups is 1. The maximum atomic E-state index is 11.8. The first kappa shape index (κ1) is 16.2. The molecule has 0 fully saturated rings. The van der Waals surface area contributed by atoms with E-state index in [0.29, 0.717) is 18.5 Å². The van der Waals surface area contributed by atoms with Gasteiger partial charge in [-0.25, -0.2) is 13.6 Å². The standard InChI is InChI=1S/C14H17F2N3O3/c15-12(16)8-22-6-5-17-14(21)18-10-2-3-11-9(7-10)1-4-13(20)19-11/h2-3,7,12H,1,4-6,8H2,(H,19,20)(H2,17,18,21). The van der Waals surface area contributed by atoms with Gasteiger partial charge in [-0.2, -0.15) is 0 Å². The lowest BCUT2D eigenvalue weighted by atomic mass is 10.0. The van der Waals surface area contributed by atoms with E-state index in [-0.39, 0.29) is 19.1 Å². The molecule has 0 spiro atoms. The molecule has 1 aliphatic heterocycles. The highest BCUT2D eigenvalue weighted by molar-refractivity contribution is 5.95. The lowest BCUT2D eigenvalue weighted by Gasteiger charge is -2.17. The fourth-order valence-corrected chi connectivity index (χ4v) is 2.05. The molecule has 0 aliphatic carbocycles. The number of anilines is 2. The van der Waals surface area contributed by atoms with Crippen molar-refractivity contribution in [3.8, 4) is 0 Å². The number of hydrogen-bond donors (Lipinski definition) is 3. The van der Waals surface area contributed by atoms with Crippen molar-refractivity contribution in [3.63, 3.8) is 0 Å². The zero-order valence-corrected chi connectivity index (χ0v) is 11.8. The van der Waals surface area contributed by atoms with Crippen molar-refractivity contribution in [2.24, 2.45) is 0 Å². The minimum absolute atomic E-state index is 0.0188. The van der Waals surface area contributed by atoms with Crippen LogP contribution in [0.2, 0.25) is 0 Å². The summed E-state index contributed by atoms with van der Waals surface area (Å²) in [5.41, 5.74) is 2.31. The molecule has 0 unspecified atom stereocenters.